The zero-order valence-electron chi connectivity index (χ0n) is 53.6. The third kappa shape index (κ3) is 24.9. The molecule has 0 saturated carbocycles. The molecule has 8 nitrogen and oxygen atoms in total. The standard InChI is InChI=1S/C64H138N2O6Si2/c1-17-21-25-29-33-39-45-51-57-63(73(67-11,68-12)69-13,65(7,8)59-53-47-41-35-31-27-23-19-3)61(5)55-49-43-37-38-44-50-56-62(6)64(74(70-14,71-15)72-16,58-52-46-40-34-30-26-22-18-2)66(9,10)60-54-48-42-36-32-28-24-20-4/h61-62H,17-60H2,1-16H3/q+2. The molecule has 10 heteroatoms. The lowest BCUT2D eigenvalue weighted by molar-refractivity contribution is -0.936. The third-order valence-electron chi connectivity index (χ3n) is 19.0. The molecule has 74 heavy (non-hydrogen) atoms. The maximum Gasteiger partial charge on any atom is 0.565 e. The molecule has 0 aromatic carbocycles. The van der Waals surface area contributed by atoms with Crippen LogP contribution in [0.3, 0.4) is 0 Å². The second-order valence-electron chi connectivity index (χ2n) is 24.9. The summed E-state index contributed by atoms with van der Waals surface area (Å²) in [6.07, 6.45) is 54.8. The molecule has 0 bridgehead atoms. The smallest absolute Gasteiger partial charge is 0.373 e. The van der Waals surface area contributed by atoms with Gasteiger partial charge in [-0.1, -0.05) is 247 Å². The summed E-state index contributed by atoms with van der Waals surface area (Å²) in [6.45, 7) is 16.6. The molecule has 0 aromatic heterocycles. The fourth-order valence-corrected chi connectivity index (χ4v) is 21.6. The predicted molar refractivity (Wildman–Crippen MR) is 328 cm³/mol. The van der Waals surface area contributed by atoms with E-state index in [0.29, 0.717) is 11.8 Å². The Morgan fingerprint density at radius 1 is 0.284 bits per heavy atom. The van der Waals surface area contributed by atoms with E-state index in [-0.39, 0.29) is 10.3 Å². The Labute approximate surface area is 468 Å². The van der Waals surface area contributed by atoms with E-state index >= 15 is 0 Å². The number of hydrogen-bond donors (Lipinski definition) is 0. The minimum absolute atomic E-state index is 0.211. The lowest BCUT2D eigenvalue weighted by atomic mass is 9.86. The summed E-state index contributed by atoms with van der Waals surface area (Å²) in [5.41, 5.74) is 0. The Bertz CT molecular complexity index is 1130. The minimum Gasteiger partial charge on any atom is -0.373 e. The summed E-state index contributed by atoms with van der Waals surface area (Å²) in [7, 11) is 15.1. The number of unbranched alkanes of at least 4 members (excludes halogenated alkanes) is 33. The minimum atomic E-state index is -3.11. The Morgan fingerprint density at radius 3 is 0.689 bits per heavy atom. The highest BCUT2D eigenvalue weighted by atomic mass is 28.4. The first-order valence-corrected chi connectivity index (χ1v) is 36.1. The molecule has 0 rings (SSSR count). The second-order valence-corrected chi connectivity index (χ2v) is 31.3. The molecule has 0 aliphatic heterocycles. The Morgan fingerprint density at radius 2 is 0.473 bits per heavy atom. The number of hydrogen-bond acceptors (Lipinski definition) is 6. The maximum atomic E-state index is 6.64. The second kappa shape index (κ2) is 44.8. The highest BCUT2D eigenvalue weighted by Crippen LogP contribution is 2.48. The van der Waals surface area contributed by atoms with Gasteiger partial charge in [-0.15, -0.1) is 0 Å². The van der Waals surface area contributed by atoms with E-state index in [0.717, 1.165) is 34.9 Å². The first-order valence-electron chi connectivity index (χ1n) is 32.6. The van der Waals surface area contributed by atoms with E-state index in [2.05, 4.69) is 69.7 Å². The third-order valence-corrected chi connectivity index (χ3v) is 27.0. The van der Waals surface area contributed by atoms with Crippen LogP contribution in [-0.4, -0.2) is 121 Å². The topological polar surface area (TPSA) is 55.4 Å². The number of quaternary nitrogens is 2. The molecule has 0 aliphatic carbocycles. The molecule has 4 unspecified atom stereocenters. The molecule has 0 amide bonds. The van der Waals surface area contributed by atoms with Gasteiger partial charge in [-0.3, -0.25) is 0 Å². The van der Waals surface area contributed by atoms with Crippen molar-refractivity contribution in [2.75, 3.05) is 83.9 Å². The average molecular weight is 1090 g/mol. The van der Waals surface area contributed by atoms with Gasteiger partial charge in [0.15, 0.2) is 10.3 Å². The summed E-state index contributed by atoms with van der Waals surface area (Å²) < 4.78 is 41.7. The quantitative estimate of drug-likeness (QED) is 0.0344. The average Bonchev–Trinajstić information content (AvgIpc) is 3.39. The van der Waals surface area contributed by atoms with Crippen LogP contribution >= 0.6 is 0 Å². The van der Waals surface area contributed by atoms with E-state index in [1.165, 1.54) is 257 Å². The van der Waals surface area contributed by atoms with Crippen LogP contribution in [0.4, 0.5) is 0 Å². The van der Waals surface area contributed by atoms with Crippen LogP contribution in [0, 0.1) is 11.8 Å². The Kier molecular flexibility index (Phi) is 44.9. The summed E-state index contributed by atoms with van der Waals surface area (Å²) >= 11 is 0. The molecule has 0 aliphatic rings. The van der Waals surface area contributed by atoms with E-state index in [1.54, 1.807) is 0 Å². The van der Waals surface area contributed by atoms with Gasteiger partial charge in [-0.05, 0) is 51.4 Å². The lowest BCUT2D eigenvalue weighted by Crippen LogP contribution is -2.79. The van der Waals surface area contributed by atoms with Crippen LogP contribution in [0.1, 0.15) is 311 Å². The van der Waals surface area contributed by atoms with Crippen molar-refractivity contribution in [1.29, 1.82) is 0 Å². The summed E-state index contributed by atoms with van der Waals surface area (Å²) in [5.74, 6) is 0.827. The van der Waals surface area contributed by atoms with Gasteiger partial charge in [0.1, 0.15) is 0 Å². The summed E-state index contributed by atoms with van der Waals surface area (Å²) in [4.78, 5) is 0. The maximum absolute atomic E-state index is 6.64. The molecule has 0 N–H and O–H groups in total. The summed E-state index contributed by atoms with van der Waals surface area (Å²) in [5, 5.41) is -0.422. The summed E-state index contributed by atoms with van der Waals surface area (Å²) in [6, 6.07) is 0. The van der Waals surface area contributed by atoms with Gasteiger partial charge < -0.3 is 35.5 Å². The normalized spacial score (nSPS) is 15.4. The fourth-order valence-electron chi connectivity index (χ4n) is 14.3. The van der Waals surface area contributed by atoms with Gasteiger partial charge in [0.05, 0.1) is 41.3 Å². The van der Waals surface area contributed by atoms with E-state index in [1.807, 2.05) is 42.7 Å². The molecule has 0 saturated heterocycles. The molecular formula is C64H138N2O6Si2+2. The molecule has 0 aromatic rings. The molecule has 0 radical (unpaired) electrons. The van der Waals surface area contributed by atoms with Crippen LogP contribution in [-0.2, 0) is 26.6 Å². The molecule has 0 heterocycles. The van der Waals surface area contributed by atoms with Gasteiger partial charge in [0.25, 0.3) is 0 Å². The van der Waals surface area contributed by atoms with Crippen LogP contribution in [0.5, 0.6) is 0 Å². The predicted octanol–water partition coefficient (Wildman–Crippen LogP) is 19.2. The highest BCUT2D eigenvalue weighted by molar-refractivity contribution is 6.64. The first-order chi connectivity index (χ1) is 35.7. The highest BCUT2D eigenvalue weighted by Gasteiger charge is 2.72. The zero-order chi connectivity index (χ0) is 55.5. The van der Waals surface area contributed by atoms with Gasteiger partial charge in [-0.25, -0.2) is 0 Å². The molecular weight excluding hydrogens is 949 g/mol. The lowest BCUT2D eigenvalue weighted by Gasteiger charge is -2.56. The number of rotatable bonds is 57. The first kappa shape index (κ1) is 74.1. The monoisotopic (exact) mass is 1090 g/mol. The SMILES string of the molecule is CCCCCCCCCCC(C(C)CCCCCCCCC(C)C(CCCCCCCCCC)([N+](C)(C)CCCCCCCCCC)[Si](OC)(OC)OC)([N+](C)(C)CCCCCCCCCC)[Si](OC)(OC)OC. The van der Waals surface area contributed by atoms with Crippen molar-refractivity contribution in [2.45, 2.75) is 322 Å². The molecule has 0 spiro atoms. The number of nitrogens with zero attached hydrogens (tertiary/aromatic N) is 2. The largest absolute Gasteiger partial charge is 0.565 e. The van der Waals surface area contributed by atoms with Crippen molar-refractivity contribution in [1.82, 2.24) is 0 Å². The molecule has 4 atom stereocenters. The van der Waals surface area contributed by atoms with Crippen LogP contribution < -0.4 is 0 Å². The zero-order valence-corrected chi connectivity index (χ0v) is 55.6. The van der Waals surface area contributed by atoms with Gasteiger partial charge in [0.2, 0.25) is 0 Å². The van der Waals surface area contributed by atoms with Crippen molar-refractivity contribution in [2.24, 2.45) is 11.8 Å². The van der Waals surface area contributed by atoms with Crippen molar-refractivity contribution >= 4 is 17.6 Å². The molecule has 0 fully saturated rings. The van der Waals surface area contributed by atoms with Gasteiger partial charge >= 0.3 is 17.6 Å². The van der Waals surface area contributed by atoms with Crippen molar-refractivity contribution < 1.29 is 35.5 Å². The van der Waals surface area contributed by atoms with Gasteiger partial charge in [0, 0.05) is 67.3 Å². The van der Waals surface area contributed by atoms with Crippen LogP contribution in [0.25, 0.3) is 0 Å². The van der Waals surface area contributed by atoms with E-state index < -0.39 is 17.6 Å². The van der Waals surface area contributed by atoms with Crippen molar-refractivity contribution in [3.05, 3.63) is 0 Å². The van der Waals surface area contributed by atoms with Crippen molar-refractivity contribution in [3.63, 3.8) is 0 Å². The Balaban J connectivity index is 6.24. The van der Waals surface area contributed by atoms with E-state index in [4.69, 9.17) is 26.6 Å². The van der Waals surface area contributed by atoms with E-state index in [9.17, 15) is 0 Å². The van der Waals surface area contributed by atoms with Crippen LogP contribution in [0.15, 0.2) is 0 Å². The van der Waals surface area contributed by atoms with Crippen molar-refractivity contribution in [3.8, 4) is 0 Å². The fraction of sp³-hybridized carbons (Fsp3) is 1.00. The van der Waals surface area contributed by atoms with Gasteiger partial charge in [-0.2, -0.15) is 0 Å². The van der Waals surface area contributed by atoms with Crippen LogP contribution in [0.2, 0.25) is 0 Å². The Hall–Kier alpha value is 0.114. The molecule has 446 valence electrons.